The molecule has 4 heteroatoms. The Hall–Kier alpha value is -2.10. The highest BCUT2D eigenvalue weighted by Gasteiger charge is 2.08. The van der Waals surface area contributed by atoms with Gasteiger partial charge in [-0.3, -0.25) is 4.79 Å². The summed E-state index contributed by atoms with van der Waals surface area (Å²) in [6.07, 6.45) is 4.03. The Labute approximate surface area is 99.9 Å². The largest absolute Gasteiger partial charge is 0.467 e. The van der Waals surface area contributed by atoms with E-state index < -0.39 is 0 Å². The van der Waals surface area contributed by atoms with Crippen LogP contribution in [0.4, 0.5) is 5.82 Å². The van der Waals surface area contributed by atoms with Crippen molar-refractivity contribution < 1.29 is 9.21 Å². The van der Waals surface area contributed by atoms with E-state index in [1.54, 1.807) is 12.5 Å². The van der Waals surface area contributed by atoms with Gasteiger partial charge in [0.2, 0.25) is 0 Å². The lowest BCUT2D eigenvalue weighted by molar-refractivity contribution is 0.112. The van der Waals surface area contributed by atoms with Gasteiger partial charge in [-0.1, -0.05) is 0 Å². The fourth-order valence-electron chi connectivity index (χ4n) is 1.76. The summed E-state index contributed by atoms with van der Waals surface area (Å²) in [6, 6.07) is 5.61. The molecule has 2 aromatic rings. The normalized spacial score (nSPS) is 10.2. The second kappa shape index (κ2) is 4.82. The lowest BCUT2D eigenvalue weighted by Crippen LogP contribution is -2.18. The predicted molar refractivity (Wildman–Crippen MR) is 65.2 cm³/mol. The summed E-state index contributed by atoms with van der Waals surface area (Å²) < 4.78 is 5.28. The minimum atomic E-state index is 0.595. The lowest BCUT2D eigenvalue weighted by Gasteiger charge is -2.18. The molecular weight excluding hydrogens is 216 g/mol. The maximum atomic E-state index is 10.6. The van der Waals surface area contributed by atoms with Crippen molar-refractivity contribution in [1.29, 1.82) is 0 Å². The molecule has 0 fully saturated rings. The zero-order chi connectivity index (χ0) is 12.3. The van der Waals surface area contributed by atoms with Crippen LogP contribution in [0.15, 0.2) is 35.1 Å². The summed E-state index contributed by atoms with van der Waals surface area (Å²) in [7, 11) is 1.94. The fourth-order valence-corrected chi connectivity index (χ4v) is 1.76. The number of rotatable bonds is 4. The monoisotopic (exact) mass is 230 g/mol. The van der Waals surface area contributed by atoms with E-state index in [4.69, 9.17) is 4.42 Å². The maximum Gasteiger partial charge on any atom is 0.151 e. The van der Waals surface area contributed by atoms with E-state index in [-0.39, 0.29) is 0 Å². The van der Waals surface area contributed by atoms with Crippen molar-refractivity contribution in [3.05, 3.63) is 47.5 Å². The molecule has 17 heavy (non-hydrogen) atoms. The number of furan rings is 1. The van der Waals surface area contributed by atoms with Gasteiger partial charge in [0, 0.05) is 18.8 Å². The van der Waals surface area contributed by atoms with E-state index in [2.05, 4.69) is 4.98 Å². The highest BCUT2D eigenvalue weighted by Crippen LogP contribution is 2.18. The molecule has 0 spiro atoms. The third-order valence-electron chi connectivity index (χ3n) is 2.54. The first-order chi connectivity index (χ1) is 8.20. The average molecular weight is 230 g/mol. The molecule has 0 aliphatic carbocycles. The third-order valence-corrected chi connectivity index (χ3v) is 2.54. The Bertz CT molecular complexity index is 506. The fraction of sp³-hybridized carbons (Fsp3) is 0.231. The standard InChI is InChI=1S/C13H14N2O2/c1-10-6-11(9-16)7-14-13(10)15(2)8-12-4-3-5-17-12/h3-7,9H,8H2,1-2H3. The zero-order valence-electron chi connectivity index (χ0n) is 9.88. The minimum absolute atomic E-state index is 0.595. The van der Waals surface area contributed by atoms with Gasteiger partial charge in [0.15, 0.2) is 6.29 Å². The summed E-state index contributed by atoms with van der Waals surface area (Å²) >= 11 is 0. The van der Waals surface area contributed by atoms with Crippen molar-refractivity contribution >= 4 is 12.1 Å². The number of carbonyl (C=O) groups is 1. The lowest BCUT2D eigenvalue weighted by atomic mass is 10.2. The van der Waals surface area contributed by atoms with Gasteiger partial charge in [-0.05, 0) is 30.7 Å². The zero-order valence-corrected chi connectivity index (χ0v) is 9.88. The number of pyridine rings is 1. The molecule has 0 unspecified atom stereocenters. The van der Waals surface area contributed by atoms with E-state index in [1.807, 2.05) is 37.1 Å². The average Bonchev–Trinajstić information content (AvgIpc) is 2.81. The molecule has 2 aromatic heterocycles. The first-order valence-corrected chi connectivity index (χ1v) is 5.36. The van der Waals surface area contributed by atoms with Crippen LogP contribution in [0.25, 0.3) is 0 Å². The van der Waals surface area contributed by atoms with Crippen molar-refractivity contribution in [2.24, 2.45) is 0 Å². The summed E-state index contributed by atoms with van der Waals surface area (Å²) in [5.41, 5.74) is 1.57. The van der Waals surface area contributed by atoms with Crippen LogP contribution in [0.3, 0.4) is 0 Å². The number of hydrogen-bond acceptors (Lipinski definition) is 4. The number of aromatic nitrogens is 1. The predicted octanol–water partition coefficient (Wildman–Crippen LogP) is 2.43. The van der Waals surface area contributed by atoms with E-state index >= 15 is 0 Å². The van der Waals surface area contributed by atoms with Crippen molar-refractivity contribution in [2.75, 3.05) is 11.9 Å². The van der Waals surface area contributed by atoms with Gasteiger partial charge in [-0.15, -0.1) is 0 Å². The van der Waals surface area contributed by atoms with Crippen LogP contribution in [-0.2, 0) is 6.54 Å². The Balaban J connectivity index is 2.19. The maximum absolute atomic E-state index is 10.6. The molecule has 0 radical (unpaired) electrons. The summed E-state index contributed by atoms with van der Waals surface area (Å²) in [5, 5.41) is 0. The molecule has 0 atom stereocenters. The van der Waals surface area contributed by atoms with Gasteiger partial charge in [0.25, 0.3) is 0 Å². The molecular formula is C13H14N2O2. The summed E-state index contributed by atoms with van der Waals surface area (Å²) in [6.45, 7) is 2.59. The van der Waals surface area contributed by atoms with Gasteiger partial charge in [0.05, 0.1) is 12.8 Å². The molecule has 4 nitrogen and oxygen atoms in total. The van der Waals surface area contributed by atoms with E-state index in [9.17, 15) is 4.79 Å². The number of nitrogens with zero attached hydrogens (tertiary/aromatic N) is 2. The minimum Gasteiger partial charge on any atom is -0.467 e. The van der Waals surface area contributed by atoms with Crippen LogP contribution >= 0.6 is 0 Å². The summed E-state index contributed by atoms with van der Waals surface area (Å²) in [5.74, 6) is 1.74. The van der Waals surface area contributed by atoms with Crippen LogP contribution in [0.5, 0.6) is 0 Å². The van der Waals surface area contributed by atoms with Gasteiger partial charge in [-0.2, -0.15) is 0 Å². The number of carbonyl (C=O) groups excluding carboxylic acids is 1. The number of hydrogen-bond donors (Lipinski definition) is 0. The van der Waals surface area contributed by atoms with Gasteiger partial charge in [0.1, 0.15) is 11.6 Å². The molecule has 2 heterocycles. The van der Waals surface area contributed by atoms with Crippen LogP contribution in [0.2, 0.25) is 0 Å². The smallest absolute Gasteiger partial charge is 0.151 e. The molecule has 0 aliphatic rings. The van der Waals surface area contributed by atoms with Gasteiger partial charge < -0.3 is 9.32 Å². The SMILES string of the molecule is Cc1cc(C=O)cnc1N(C)Cc1ccco1. The van der Waals surface area contributed by atoms with Crippen molar-refractivity contribution in [3.63, 3.8) is 0 Å². The molecule has 0 bridgehead atoms. The quantitative estimate of drug-likeness (QED) is 0.757. The van der Waals surface area contributed by atoms with Crippen LogP contribution < -0.4 is 4.90 Å². The number of aryl methyl sites for hydroxylation is 1. The Morgan fingerprint density at radius 2 is 2.35 bits per heavy atom. The Morgan fingerprint density at radius 1 is 1.53 bits per heavy atom. The number of anilines is 1. The van der Waals surface area contributed by atoms with Crippen molar-refractivity contribution in [2.45, 2.75) is 13.5 Å². The first-order valence-electron chi connectivity index (χ1n) is 5.36. The van der Waals surface area contributed by atoms with Gasteiger partial charge >= 0.3 is 0 Å². The molecule has 0 amide bonds. The number of aldehydes is 1. The molecule has 0 saturated heterocycles. The second-order valence-corrected chi connectivity index (χ2v) is 3.96. The highest BCUT2D eigenvalue weighted by atomic mass is 16.3. The highest BCUT2D eigenvalue weighted by molar-refractivity contribution is 5.75. The van der Waals surface area contributed by atoms with E-state index in [1.165, 1.54) is 0 Å². The Kier molecular flexibility index (Phi) is 3.23. The molecule has 88 valence electrons. The van der Waals surface area contributed by atoms with Crippen molar-refractivity contribution in [1.82, 2.24) is 4.98 Å². The van der Waals surface area contributed by atoms with Crippen LogP contribution in [0, 0.1) is 6.92 Å². The molecule has 0 aromatic carbocycles. The van der Waals surface area contributed by atoms with Crippen LogP contribution in [-0.4, -0.2) is 18.3 Å². The third kappa shape index (κ3) is 2.53. The summed E-state index contributed by atoms with van der Waals surface area (Å²) in [4.78, 5) is 16.9. The molecule has 0 N–H and O–H groups in total. The topological polar surface area (TPSA) is 46.3 Å². The first kappa shape index (κ1) is 11.4. The Morgan fingerprint density at radius 3 is 2.94 bits per heavy atom. The second-order valence-electron chi connectivity index (χ2n) is 3.96. The van der Waals surface area contributed by atoms with Crippen molar-refractivity contribution in [3.8, 4) is 0 Å². The molecule has 2 rings (SSSR count). The molecule has 0 saturated carbocycles. The van der Waals surface area contributed by atoms with Crippen LogP contribution in [0.1, 0.15) is 21.7 Å². The molecule has 0 aliphatic heterocycles. The van der Waals surface area contributed by atoms with E-state index in [0.717, 1.165) is 23.4 Å². The van der Waals surface area contributed by atoms with Gasteiger partial charge in [-0.25, -0.2) is 4.98 Å². The van der Waals surface area contributed by atoms with E-state index in [0.29, 0.717) is 12.1 Å².